The molecule has 248 valence electrons. The predicted molar refractivity (Wildman–Crippen MR) is 191 cm³/mol. The van der Waals surface area contributed by atoms with E-state index in [0.29, 0.717) is 32.1 Å². The summed E-state index contributed by atoms with van der Waals surface area (Å²) in [6, 6.07) is 1.76. The van der Waals surface area contributed by atoms with Gasteiger partial charge >= 0.3 is 12.2 Å². The zero-order chi connectivity index (χ0) is 31.7. The molecule has 0 radical (unpaired) electrons. The number of likely N-dealkylation sites (N-methyl/N-ethyl adjacent to an activating group) is 2. The van der Waals surface area contributed by atoms with Gasteiger partial charge in [0.1, 0.15) is 19.0 Å². The Morgan fingerprint density at radius 3 is 2.00 bits per heavy atom. The molecule has 0 aliphatic carbocycles. The molecule has 0 aliphatic heterocycles. The molecule has 0 bridgehead atoms. The molecule has 1 aromatic heterocycles. The van der Waals surface area contributed by atoms with E-state index in [4.69, 9.17) is 9.47 Å². The minimum Gasteiger partial charge on any atom is -0.449 e. The Hall–Kier alpha value is -1.18. The van der Waals surface area contributed by atoms with Crippen molar-refractivity contribution >= 4 is 67.1 Å². The molecule has 0 unspecified atom stereocenters. The van der Waals surface area contributed by atoms with E-state index in [-0.39, 0.29) is 12.0 Å². The molecule has 2 amide bonds. The van der Waals surface area contributed by atoms with Crippen molar-refractivity contribution in [2.24, 2.45) is 11.8 Å². The monoisotopic (exact) mass is 677 g/mol. The molecule has 43 heavy (non-hydrogen) atoms. The van der Waals surface area contributed by atoms with Crippen LogP contribution in [0.3, 0.4) is 0 Å². The topological polar surface area (TPSA) is 96.9 Å². The van der Waals surface area contributed by atoms with Crippen LogP contribution in [0.5, 0.6) is 0 Å². The number of anilines is 2. The van der Waals surface area contributed by atoms with Crippen LogP contribution in [0, 0.1) is 11.8 Å². The van der Waals surface area contributed by atoms with Crippen LogP contribution in [0.2, 0.25) is 0 Å². The van der Waals surface area contributed by atoms with Crippen molar-refractivity contribution in [1.82, 2.24) is 14.9 Å². The fourth-order valence-corrected chi connectivity index (χ4v) is 8.67. The number of rotatable bonds is 25. The van der Waals surface area contributed by atoms with Crippen LogP contribution in [0.4, 0.5) is 21.4 Å². The number of amides is 2. The Morgan fingerprint density at radius 1 is 0.860 bits per heavy atom. The summed E-state index contributed by atoms with van der Waals surface area (Å²) in [5, 5.41) is 2.60. The van der Waals surface area contributed by atoms with Crippen LogP contribution < -0.4 is 10.2 Å². The third-order valence-electron chi connectivity index (χ3n) is 6.98. The molecule has 9 nitrogen and oxygen atoms in total. The number of aromatic nitrogens is 2. The number of nitrogens with one attached hydrogen (secondary N) is 1. The smallest absolute Gasteiger partial charge is 0.414 e. The average molecular weight is 678 g/mol. The lowest BCUT2D eigenvalue weighted by Crippen LogP contribution is -2.35. The van der Waals surface area contributed by atoms with Gasteiger partial charge in [-0.05, 0) is 30.7 Å². The van der Waals surface area contributed by atoms with Crippen molar-refractivity contribution in [3.05, 3.63) is 12.3 Å². The standard InChI is InChI=1S/C30H55N5O4S4/c1-7-11-13-25(9-3)23-42-40-21-19-38-29(36)33-28-31-16-15-27(32-28)34(5)17-18-35(6)30(37)39-20-22-41-43-24-26(10-4)14-12-8-2/h15-16,25-26H,7-14,17-24H2,1-6H3,(H,31,32,33,36)/t25-,26-/m1/s1. The van der Waals surface area contributed by atoms with Gasteiger partial charge in [0, 0.05) is 56.4 Å². The van der Waals surface area contributed by atoms with Gasteiger partial charge in [0.25, 0.3) is 0 Å². The second kappa shape index (κ2) is 26.1. The molecule has 1 aromatic rings. The van der Waals surface area contributed by atoms with Gasteiger partial charge in [-0.3, -0.25) is 5.32 Å². The summed E-state index contributed by atoms with van der Waals surface area (Å²) >= 11 is 0. The van der Waals surface area contributed by atoms with E-state index < -0.39 is 6.09 Å². The van der Waals surface area contributed by atoms with Gasteiger partial charge in [0.2, 0.25) is 5.95 Å². The first-order chi connectivity index (χ1) is 20.8. The van der Waals surface area contributed by atoms with Crippen LogP contribution in [-0.4, -0.2) is 90.5 Å². The Labute approximate surface area is 276 Å². The normalized spacial score (nSPS) is 12.4. The van der Waals surface area contributed by atoms with Crippen LogP contribution >= 0.6 is 43.2 Å². The zero-order valence-electron chi connectivity index (χ0n) is 27.2. The van der Waals surface area contributed by atoms with Crippen molar-refractivity contribution in [3.63, 3.8) is 0 Å². The van der Waals surface area contributed by atoms with Crippen molar-refractivity contribution in [1.29, 1.82) is 0 Å². The van der Waals surface area contributed by atoms with Crippen molar-refractivity contribution in [3.8, 4) is 0 Å². The van der Waals surface area contributed by atoms with Gasteiger partial charge in [-0.15, -0.1) is 0 Å². The predicted octanol–water partition coefficient (Wildman–Crippen LogP) is 8.73. The van der Waals surface area contributed by atoms with E-state index in [9.17, 15) is 9.59 Å². The van der Waals surface area contributed by atoms with Crippen molar-refractivity contribution in [2.45, 2.75) is 79.1 Å². The molecular formula is C30H55N5O4S4. The highest BCUT2D eigenvalue weighted by Crippen LogP contribution is 2.28. The maximum absolute atomic E-state index is 12.4. The number of carbonyl (C=O) groups is 2. The molecule has 0 aliphatic rings. The van der Waals surface area contributed by atoms with Crippen LogP contribution in [-0.2, 0) is 9.47 Å². The minimum atomic E-state index is -0.569. The van der Waals surface area contributed by atoms with Gasteiger partial charge in [0.05, 0.1) is 0 Å². The number of ether oxygens (including phenoxy) is 2. The highest BCUT2D eigenvalue weighted by atomic mass is 33.1. The maximum Gasteiger partial charge on any atom is 0.414 e. The average Bonchev–Trinajstić information content (AvgIpc) is 3.01. The van der Waals surface area contributed by atoms with E-state index in [1.165, 1.54) is 51.4 Å². The Balaban J connectivity index is 2.26. The first-order valence-electron chi connectivity index (χ1n) is 15.7. The van der Waals surface area contributed by atoms with E-state index in [1.54, 1.807) is 45.8 Å². The maximum atomic E-state index is 12.4. The third kappa shape index (κ3) is 19.7. The van der Waals surface area contributed by atoms with E-state index >= 15 is 0 Å². The molecule has 0 saturated heterocycles. The van der Waals surface area contributed by atoms with Crippen molar-refractivity contribution < 1.29 is 19.1 Å². The van der Waals surface area contributed by atoms with E-state index in [2.05, 4.69) is 43.0 Å². The van der Waals surface area contributed by atoms with Crippen molar-refractivity contribution in [2.75, 3.05) is 73.6 Å². The molecule has 2 atom stereocenters. The third-order valence-corrected chi connectivity index (χ3v) is 12.0. The lowest BCUT2D eigenvalue weighted by Gasteiger charge is -2.23. The molecule has 0 aromatic carbocycles. The number of nitrogens with zero attached hydrogens (tertiary/aromatic N) is 4. The highest BCUT2D eigenvalue weighted by Gasteiger charge is 2.14. The van der Waals surface area contributed by atoms with Crippen LogP contribution in [0.25, 0.3) is 0 Å². The molecule has 0 fully saturated rings. The molecule has 1 N–H and O–H groups in total. The summed E-state index contributed by atoms with van der Waals surface area (Å²) < 4.78 is 10.7. The summed E-state index contributed by atoms with van der Waals surface area (Å²) in [5.41, 5.74) is 0. The quantitative estimate of drug-likeness (QED) is 0.0795. The number of carbonyl (C=O) groups excluding carboxylic acids is 2. The lowest BCUT2D eigenvalue weighted by molar-refractivity contribution is 0.118. The van der Waals surface area contributed by atoms with Gasteiger partial charge in [-0.2, -0.15) is 4.98 Å². The first-order valence-corrected chi connectivity index (χ1v) is 20.7. The Morgan fingerprint density at radius 2 is 1.44 bits per heavy atom. The number of hydrogen-bond donors (Lipinski definition) is 1. The minimum absolute atomic E-state index is 0.178. The zero-order valence-corrected chi connectivity index (χ0v) is 30.4. The summed E-state index contributed by atoms with van der Waals surface area (Å²) in [6.07, 6.45) is 10.8. The fraction of sp³-hybridized carbons (Fsp3) is 0.800. The lowest BCUT2D eigenvalue weighted by atomic mass is 10.0. The van der Waals surface area contributed by atoms with E-state index in [1.807, 2.05) is 33.5 Å². The first kappa shape index (κ1) is 39.8. The summed E-state index contributed by atoms with van der Waals surface area (Å²) in [6.45, 7) is 10.7. The molecule has 0 saturated carbocycles. The second-order valence-corrected chi connectivity index (χ2v) is 15.8. The Bertz CT molecular complexity index is 874. The second-order valence-electron chi connectivity index (χ2n) is 10.5. The summed E-state index contributed by atoms with van der Waals surface area (Å²) in [5.74, 6) is 6.14. The van der Waals surface area contributed by atoms with Crippen LogP contribution in [0.15, 0.2) is 12.3 Å². The molecule has 13 heteroatoms. The molecule has 1 rings (SSSR count). The van der Waals surface area contributed by atoms with E-state index in [0.717, 1.165) is 34.8 Å². The van der Waals surface area contributed by atoms with Gasteiger partial charge in [-0.1, -0.05) is 109 Å². The molecule has 1 heterocycles. The van der Waals surface area contributed by atoms with Gasteiger partial charge < -0.3 is 19.3 Å². The molecule has 0 spiro atoms. The largest absolute Gasteiger partial charge is 0.449 e. The fourth-order valence-electron chi connectivity index (χ4n) is 3.90. The summed E-state index contributed by atoms with van der Waals surface area (Å²) in [7, 11) is 10.9. The van der Waals surface area contributed by atoms with Crippen LogP contribution in [0.1, 0.15) is 79.1 Å². The highest BCUT2D eigenvalue weighted by molar-refractivity contribution is 8.77. The SMILES string of the molecule is CCCC[C@@H](CC)CSSCCOC(=O)Nc1nccc(N(C)CCN(C)C(=O)OCCSSC[C@H](CC)CCCC)n1. The summed E-state index contributed by atoms with van der Waals surface area (Å²) in [4.78, 5) is 36.6. The van der Waals surface area contributed by atoms with Gasteiger partial charge in [0.15, 0.2) is 0 Å². The Kier molecular flexibility index (Phi) is 24.2. The number of unbranched alkanes of at least 4 members (excludes halogenated alkanes) is 2. The number of hydrogen-bond acceptors (Lipinski definition) is 11. The molecular weight excluding hydrogens is 623 g/mol. The van der Waals surface area contributed by atoms with Gasteiger partial charge in [-0.25, -0.2) is 14.6 Å².